The van der Waals surface area contributed by atoms with E-state index in [-0.39, 0.29) is 19.0 Å². The van der Waals surface area contributed by atoms with Gasteiger partial charge in [-0.3, -0.25) is 9.10 Å². The quantitative estimate of drug-likeness (QED) is 0.749. The number of carbonyl (C=O) groups is 1. The molecule has 1 aromatic carbocycles. The highest BCUT2D eigenvalue weighted by Gasteiger charge is 2.23. The van der Waals surface area contributed by atoms with Crippen molar-refractivity contribution < 1.29 is 13.2 Å². The second kappa shape index (κ2) is 8.75. The number of benzene rings is 1. The number of anilines is 2. The zero-order valence-corrected chi connectivity index (χ0v) is 17.9. The SMILES string of the molecule is CCN(CC)c1ccc(N(CCNC(=O)C(C)(C)C)S(C)(=O)=O)c(C)c1. The third kappa shape index (κ3) is 5.90. The zero-order valence-electron chi connectivity index (χ0n) is 17.1. The second-order valence-electron chi connectivity index (χ2n) is 7.48. The van der Waals surface area contributed by atoms with E-state index in [4.69, 9.17) is 0 Å². The van der Waals surface area contributed by atoms with E-state index in [1.807, 2.05) is 45.9 Å². The van der Waals surface area contributed by atoms with Crippen LogP contribution in [0, 0.1) is 12.3 Å². The zero-order chi connectivity index (χ0) is 20.1. The van der Waals surface area contributed by atoms with Crippen LogP contribution in [0.3, 0.4) is 0 Å². The van der Waals surface area contributed by atoms with Gasteiger partial charge in [-0.25, -0.2) is 8.42 Å². The Balaban J connectivity index is 3.02. The third-order valence-electron chi connectivity index (χ3n) is 4.26. The summed E-state index contributed by atoms with van der Waals surface area (Å²) in [4.78, 5) is 14.2. The number of nitrogens with zero attached hydrogens (tertiary/aromatic N) is 2. The lowest BCUT2D eigenvalue weighted by molar-refractivity contribution is -0.128. The molecule has 0 radical (unpaired) electrons. The minimum atomic E-state index is -3.45. The molecule has 0 spiro atoms. The van der Waals surface area contributed by atoms with Gasteiger partial charge >= 0.3 is 0 Å². The van der Waals surface area contributed by atoms with Crippen LogP contribution in [-0.2, 0) is 14.8 Å². The Kier molecular flexibility index (Phi) is 7.50. The molecule has 0 bridgehead atoms. The monoisotopic (exact) mass is 383 g/mol. The van der Waals surface area contributed by atoms with Crippen LogP contribution in [0.4, 0.5) is 11.4 Å². The number of carbonyl (C=O) groups excluding carboxylic acids is 1. The van der Waals surface area contributed by atoms with Crippen molar-refractivity contribution in [1.29, 1.82) is 0 Å². The average Bonchev–Trinajstić information content (AvgIpc) is 2.51. The summed E-state index contributed by atoms with van der Waals surface area (Å²) in [5.41, 5.74) is 2.11. The van der Waals surface area contributed by atoms with E-state index in [9.17, 15) is 13.2 Å². The smallest absolute Gasteiger partial charge is 0.232 e. The molecule has 0 aliphatic rings. The molecule has 1 N–H and O–H groups in total. The first-order valence-corrected chi connectivity index (χ1v) is 10.9. The minimum absolute atomic E-state index is 0.0976. The van der Waals surface area contributed by atoms with Gasteiger partial charge in [0.05, 0.1) is 18.5 Å². The molecule has 0 unspecified atom stereocenters. The average molecular weight is 384 g/mol. The van der Waals surface area contributed by atoms with Gasteiger partial charge in [-0.15, -0.1) is 0 Å². The van der Waals surface area contributed by atoms with Crippen LogP contribution in [-0.4, -0.2) is 46.8 Å². The van der Waals surface area contributed by atoms with Gasteiger partial charge in [0.15, 0.2) is 0 Å². The fraction of sp³-hybridized carbons (Fsp3) is 0.632. The minimum Gasteiger partial charge on any atom is -0.372 e. The van der Waals surface area contributed by atoms with Crippen LogP contribution in [0.15, 0.2) is 18.2 Å². The summed E-state index contributed by atoms with van der Waals surface area (Å²) in [7, 11) is -3.45. The maximum atomic E-state index is 12.3. The van der Waals surface area contributed by atoms with Crippen molar-refractivity contribution in [3.63, 3.8) is 0 Å². The van der Waals surface area contributed by atoms with Crippen LogP contribution in [0.1, 0.15) is 40.2 Å². The Morgan fingerprint density at radius 2 is 1.73 bits per heavy atom. The van der Waals surface area contributed by atoms with Gasteiger partial charge < -0.3 is 10.2 Å². The predicted octanol–water partition coefficient (Wildman–Crippen LogP) is 2.77. The molecular formula is C19H33N3O3S. The summed E-state index contributed by atoms with van der Waals surface area (Å²) < 4.78 is 25.9. The summed E-state index contributed by atoms with van der Waals surface area (Å²) in [6.45, 7) is 13.8. The van der Waals surface area contributed by atoms with E-state index < -0.39 is 15.4 Å². The number of amides is 1. The highest BCUT2D eigenvalue weighted by atomic mass is 32.2. The maximum absolute atomic E-state index is 12.3. The predicted molar refractivity (Wildman–Crippen MR) is 109 cm³/mol. The van der Waals surface area contributed by atoms with Gasteiger partial charge in [0.1, 0.15) is 0 Å². The van der Waals surface area contributed by atoms with Gasteiger partial charge in [0.25, 0.3) is 0 Å². The lowest BCUT2D eigenvalue weighted by Gasteiger charge is -2.27. The highest BCUT2D eigenvalue weighted by molar-refractivity contribution is 7.92. The van der Waals surface area contributed by atoms with Crippen molar-refractivity contribution in [3.05, 3.63) is 23.8 Å². The Hall–Kier alpha value is -1.76. The number of nitrogens with one attached hydrogen (secondary N) is 1. The second-order valence-corrected chi connectivity index (χ2v) is 9.39. The molecule has 6 nitrogen and oxygen atoms in total. The molecule has 1 amide bonds. The molecule has 0 aliphatic carbocycles. The molecule has 0 saturated heterocycles. The van der Waals surface area contributed by atoms with E-state index in [2.05, 4.69) is 24.1 Å². The summed E-state index contributed by atoms with van der Waals surface area (Å²) in [5, 5.41) is 2.81. The summed E-state index contributed by atoms with van der Waals surface area (Å²) >= 11 is 0. The summed E-state index contributed by atoms with van der Waals surface area (Å²) in [6.07, 6.45) is 1.19. The van der Waals surface area contributed by atoms with Crippen molar-refractivity contribution in [2.24, 2.45) is 5.41 Å². The number of rotatable bonds is 8. The third-order valence-corrected chi connectivity index (χ3v) is 5.44. The van der Waals surface area contributed by atoms with Gasteiger partial charge in [0.2, 0.25) is 15.9 Å². The summed E-state index contributed by atoms with van der Waals surface area (Å²) in [6, 6.07) is 5.80. The van der Waals surface area contributed by atoms with E-state index in [0.717, 1.165) is 24.3 Å². The lowest BCUT2D eigenvalue weighted by atomic mass is 9.96. The number of aryl methyl sites for hydroxylation is 1. The normalized spacial score (nSPS) is 12.0. The first kappa shape index (κ1) is 22.3. The first-order valence-electron chi connectivity index (χ1n) is 9.03. The van der Waals surface area contributed by atoms with Gasteiger partial charge in [-0.1, -0.05) is 20.8 Å². The van der Waals surface area contributed by atoms with Crippen molar-refractivity contribution in [3.8, 4) is 0 Å². The van der Waals surface area contributed by atoms with Gasteiger partial charge in [-0.2, -0.15) is 0 Å². The van der Waals surface area contributed by atoms with Crippen LogP contribution in [0.5, 0.6) is 0 Å². The molecule has 7 heteroatoms. The molecule has 148 valence electrons. The molecule has 1 aromatic rings. The van der Waals surface area contributed by atoms with E-state index >= 15 is 0 Å². The molecule has 26 heavy (non-hydrogen) atoms. The fourth-order valence-corrected chi connectivity index (χ4v) is 3.69. The Bertz CT molecular complexity index is 720. The molecular weight excluding hydrogens is 350 g/mol. The number of hydrogen-bond donors (Lipinski definition) is 1. The number of sulfonamides is 1. The Labute approximate surface area is 158 Å². The topological polar surface area (TPSA) is 69.7 Å². The van der Waals surface area contributed by atoms with Crippen molar-refractivity contribution in [1.82, 2.24) is 5.32 Å². The fourth-order valence-electron chi connectivity index (χ4n) is 2.71. The van der Waals surface area contributed by atoms with Crippen molar-refractivity contribution in [2.75, 3.05) is 41.6 Å². The largest absolute Gasteiger partial charge is 0.372 e. The molecule has 0 aliphatic heterocycles. The van der Waals surface area contributed by atoms with Crippen molar-refractivity contribution in [2.45, 2.75) is 41.5 Å². The molecule has 0 fully saturated rings. The van der Waals surface area contributed by atoms with Crippen LogP contribution < -0.4 is 14.5 Å². The van der Waals surface area contributed by atoms with E-state index in [1.54, 1.807) is 0 Å². The highest BCUT2D eigenvalue weighted by Crippen LogP contribution is 2.27. The Morgan fingerprint density at radius 1 is 1.15 bits per heavy atom. The van der Waals surface area contributed by atoms with E-state index in [1.165, 1.54) is 10.6 Å². The maximum Gasteiger partial charge on any atom is 0.232 e. The van der Waals surface area contributed by atoms with Crippen LogP contribution in [0.2, 0.25) is 0 Å². The van der Waals surface area contributed by atoms with Gasteiger partial charge in [-0.05, 0) is 44.5 Å². The standard InChI is InChI=1S/C19H33N3O3S/c1-8-21(9-2)16-10-11-17(15(3)14-16)22(26(7,24)25)13-12-20-18(23)19(4,5)6/h10-11,14H,8-9,12-13H2,1-7H3,(H,20,23). The summed E-state index contributed by atoms with van der Waals surface area (Å²) in [5.74, 6) is -0.0976. The van der Waals surface area contributed by atoms with Crippen molar-refractivity contribution >= 4 is 27.3 Å². The van der Waals surface area contributed by atoms with Gasteiger partial charge in [0, 0.05) is 30.7 Å². The molecule has 0 heterocycles. The Morgan fingerprint density at radius 3 is 2.15 bits per heavy atom. The van der Waals surface area contributed by atoms with E-state index in [0.29, 0.717) is 5.69 Å². The number of hydrogen-bond acceptors (Lipinski definition) is 4. The van der Waals surface area contributed by atoms with Crippen LogP contribution in [0.25, 0.3) is 0 Å². The first-order chi connectivity index (χ1) is 11.9. The molecule has 0 saturated carbocycles. The van der Waals surface area contributed by atoms with Crippen LogP contribution >= 0.6 is 0 Å². The molecule has 0 atom stereocenters. The molecule has 0 aromatic heterocycles. The molecule has 1 rings (SSSR count). The lowest BCUT2D eigenvalue weighted by Crippen LogP contribution is -2.42.